The molecule has 1 heterocycles. The lowest BCUT2D eigenvalue weighted by Crippen LogP contribution is -1.81. The summed E-state index contributed by atoms with van der Waals surface area (Å²) < 4.78 is 10.7. The zero-order chi connectivity index (χ0) is 9.26. The van der Waals surface area contributed by atoms with Crippen molar-refractivity contribution in [3.63, 3.8) is 0 Å². The molecule has 0 fully saturated rings. The predicted octanol–water partition coefficient (Wildman–Crippen LogP) is 2.87. The normalized spacial score (nSPS) is 10.6. The molecule has 3 heteroatoms. The molecule has 0 radical (unpaired) electrons. The van der Waals surface area contributed by atoms with E-state index in [1.54, 1.807) is 7.11 Å². The number of thiol groups is 1. The summed E-state index contributed by atoms with van der Waals surface area (Å²) >= 11 is 4.15. The lowest BCUT2D eigenvalue weighted by atomic mass is 10.2. The van der Waals surface area contributed by atoms with Crippen molar-refractivity contribution in [3.8, 4) is 5.75 Å². The van der Waals surface area contributed by atoms with Crippen molar-refractivity contribution in [2.75, 3.05) is 7.11 Å². The summed E-state index contributed by atoms with van der Waals surface area (Å²) in [6.07, 6.45) is 0. The molecule has 13 heavy (non-hydrogen) atoms. The third-order valence-electron chi connectivity index (χ3n) is 1.93. The summed E-state index contributed by atoms with van der Waals surface area (Å²) in [5.74, 6) is 2.24. The molecular formula is C10H10O2S. The molecule has 0 N–H and O–H groups in total. The predicted molar refractivity (Wildman–Crippen MR) is 55.5 cm³/mol. The first kappa shape index (κ1) is 8.51. The van der Waals surface area contributed by atoms with Gasteiger partial charge in [0, 0.05) is 11.1 Å². The van der Waals surface area contributed by atoms with Gasteiger partial charge in [0.2, 0.25) is 0 Å². The molecule has 2 aromatic rings. The molecular weight excluding hydrogens is 184 g/mol. The van der Waals surface area contributed by atoms with E-state index >= 15 is 0 Å². The van der Waals surface area contributed by atoms with Gasteiger partial charge in [-0.3, -0.25) is 0 Å². The van der Waals surface area contributed by atoms with E-state index in [-0.39, 0.29) is 0 Å². The minimum absolute atomic E-state index is 0.609. The summed E-state index contributed by atoms with van der Waals surface area (Å²) in [5.41, 5.74) is 0.800. The molecule has 1 aromatic heterocycles. The second-order valence-electron chi connectivity index (χ2n) is 2.75. The molecule has 0 aliphatic rings. The maximum absolute atomic E-state index is 5.54. The second-order valence-corrected chi connectivity index (χ2v) is 3.07. The van der Waals surface area contributed by atoms with Gasteiger partial charge in [-0.2, -0.15) is 12.6 Å². The van der Waals surface area contributed by atoms with Gasteiger partial charge in [-0.25, -0.2) is 0 Å². The largest absolute Gasteiger partial charge is 0.493 e. The zero-order valence-corrected chi connectivity index (χ0v) is 8.17. The average molecular weight is 194 g/mol. The Hall–Kier alpha value is -1.09. The number of methoxy groups -OCH3 is 1. The van der Waals surface area contributed by atoms with Crippen molar-refractivity contribution in [2.45, 2.75) is 5.75 Å². The van der Waals surface area contributed by atoms with Crippen LogP contribution in [0.25, 0.3) is 11.0 Å². The van der Waals surface area contributed by atoms with Gasteiger partial charge in [-0.1, -0.05) is 12.1 Å². The van der Waals surface area contributed by atoms with Crippen LogP contribution in [0.4, 0.5) is 0 Å². The molecule has 0 atom stereocenters. The number of benzene rings is 1. The van der Waals surface area contributed by atoms with E-state index in [0.29, 0.717) is 5.75 Å². The molecule has 0 spiro atoms. The summed E-state index contributed by atoms with van der Waals surface area (Å²) in [7, 11) is 1.64. The Bertz CT molecular complexity index is 420. The zero-order valence-electron chi connectivity index (χ0n) is 7.28. The highest BCUT2D eigenvalue weighted by Crippen LogP contribution is 2.28. The van der Waals surface area contributed by atoms with Gasteiger partial charge in [0.1, 0.15) is 5.76 Å². The first-order chi connectivity index (χ1) is 6.35. The highest BCUT2D eigenvalue weighted by molar-refractivity contribution is 7.79. The van der Waals surface area contributed by atoms with Crippen LogP contribution in [-0.4, -0.2) is 7.11 Å². The lowest BCUT2D eigenvalue weighted by Gasteiger charge is -1.98. The fourth-order valence-corrected chi connectivity index (χ4v) is 1.48. The molecule has 2 nitrogen and oxygen atoms in total. The second kappa shape index (κ2) is 3.34. The maximum atomic E-state index is 5.54. The van der Waals surface area contributed by atoms with Gasteiger partial charge in [-0.15, -0.1) is 0 Å². The van der Waals surface area contributed by atoms with E-state index in [0.717, 1.165) is 22.5 Å². The fourth-order valence-electron chi connectivity index (χ4n) is 1.33. The molecule has 0 aliphatic carbocycles. The van der Waals surface area contributed by atoms with Crippen molar-refractivity contribution in [1.29, 1.82) is 0 Å². The van der Waals surface area contributed by atoms with Crippen LogP contribution in [0.2, 0.25) is 0 Å². The fraction of sp³-hybridized carbons (Fsp3) is 0.200. The highest BCUT2D eigenvalue weighted by Gasteiger charge is 2.06. The van der Waals surface area contributed by atoms with Crippen LogP contribution in [0.1, 0.15) is 5.76 Å². The Morgan fingerprint density at radius 3 is 3.00 bits per heavy atom. The maximum Gasteiger partial charge on any atom is 0.176 e. The molecule has 1 aromatic carbocycles. The minimum atomic E-state index is 0.609. The molecule has 0 saturated carbocycles. The Balaban J connectivity index is 2.67. The first-order valence-corrected chi connectivity index (χ1v) is 4.64. The smallest absolute Gasteiger partial charge is 0.176 e. The molecule has 68 valence electrons. The van der Waals surface area contributed by atoms with E-state index in [4.69, 9.17) is 9.15 Å². The van der Waals surface area contributed by atoms with Crippen LogP contribution >= 0.6 is 12.6 Å². The van der Waals surface area contributed by atoms with Crippen molar-refractivity contribution in [2.24, 2.45) is 0 Å². The van der Waals surface area contributed by atoms with Gasteiger partial charge in [0.25, 0.3) is 0 Å². The van der Waals surface area contributed by atoms with Crippen molar-refractivity contribution < 1.29 is 9.15 Å². The van der Waals surface area contributed by atoms with E-state index in [2.05, 4.69) is 12.6 Å². The quantitative estimate of drug-likeness (QED) is 0.743. The van der Waals surface area contributed by atoms with Gasteiger partial charge in [0.15, 0.2) is 11.3 Å². The van der Waals surface area contributed by atoms with Gasteiger partial charge < -0.3 is 9.15 Å². The monoisotopic (exact) mass is 194 g/mol. The standard InChI is InChI=1S/C10H10O2S/c1-11-9-4-2-3-7-5-8(6-13)12-10(7)9/h2-5,13H,6H2,1H3. The summed E-state index contributed by atoms with van der Waals surface area (Å²) in [4.78, 5) is 0. The van der Waals surface area contributed by atoms with Crippen LogP contribution in [-0.2, 0) is 5.75 Å². The van der Waals surface area contributed by atoms with Gasteiger partial charge in [-0.05, 0) is 12.1 Å². The summed E-state index contributed by atoms with van der Waals surface area (Å²) in [6, 6.07) is 7.80. The van der Waals surface area contributed by atoms with Crippen LogP contribution in [0.3, 0.4) is 0 Å². The Morgan fingerprint density at radius 2 is 2.31 bits per heavy atom. The molecule has 0 aliphatic heterocycles. The van der Waals surface area contributed by atoms with E-state index < -0.39 is 0 Å². The Morgan fingerprint density at radius 1 is 1.46 bits per heavy atom. The Kier molecular flexibility index (Phi) is 2.19. The number of hydrogen-bond acceptors (Lipinski definition) is 3. The van der Waals surface area contributed by atoms with E-state index in [1.807, 2.05) is 24.3 Å². The number of hydrogen-bond donors (Lipinski definition) is 1. The molecule has 2 rings (SSSR count). The van der Waals surface area contributed by atoms with E-state index in [1.165, 1.54) is 0 Å². The highest BCUT2D eigenvalue weighted by atomic mass is 32.1. The number of para-hydroxylation sites is 1. The SMILES string of the molecule is COc1cccc2cc(CS)oc12. The van der Waals surface area contributed by atoms with Crippen LogP contribution in [0, 0.1) is 0 Å². The lowest BCUT2D eigenvalue weighted by molar-refractivity contribution is 0.408. The number of fused-ring (bicyclic) bond motifs is 1. The number of rotatable bonds is 2. The van der Waals surface area contributed by atoms with Crippen molar-refractivity contribution >= 4 is 23.6 Å². The van der Waals surface area contributed by atoms with Crippen LogP contribution in [0.5, 0.6) is 5.75 Å². The van der Waals surface area contributed by atoms with Crippen molar-refractivity contribution in [1.82, 2.24) is 0 Å². The molecule has 0 unspecified atom stereocenters. The summed E-state index contributed by atoms with van der Waals surface area (Å²) in [6.45, 7) is 0. The Labute approximate surface area is 81.9 Å². The number of furan rings is 1. The number of ether oxygens (including phenoxy) is 1. The molecule has 0 amide bonds. The third-order valence-corrected chi connectivity index (χ3v) is 2.25. The average Bonchev–Trinajstić information content (AvgIpc) is 2.59. The van der Waals surface area contributed by atoms with E-state index in [9.17, 15) is 0 Å². The van der Waals surface area contributed by atoms with Gasteiger partial charge >= 0.3 is 0 Å². The molecule has 0 bridgehead atoms. The minimum Gasteiger partial charge on any atom is -0.493 e. The van der Waals surface area contributed by atoms with Crippen LogP contribution in [0.15, 0.2) is 28.7 Å². The van der Waals surface area contributed by atoms with Gasteiger partial charge in [0.05, 0.1) is 7.11 Å². The third kappa shape index (κ3) is 1.40. The summed E-state index contributed by atoms with van der Waals surface area (Å²) in [5, 5.41) is 1.06. The molecule has 0 saturated heterocycles. The first-order valence-electron chi connectivity index (χ1n) is 4.01. The van der Waals surface area contributed by atoms with Crippen LogP contribution < -0.4 is 4.74 Å². The van der Waals surface area contributed by atoms with Crippen molar-refractivity contribution in [3.05, 3.63) is 30.0 Å². The topological polar surface area (TPSA) is 22.4 Å².